The number of carbonyl (C=O) groups excluding carboxylic acids is 1. The topological polar surface area (TPSA) is 98.1 Å². The minimum Gasteiger partial charge on any atom is -0.496 e. The molecule has 3 rings (SSSR count). The molecule has 2 heterocycles. The Bertz CT molecular complexity index is 1060. The molecule has 26 heavy (non-hydrogen) atoms. The summed E-state index contributed by atoms with van der Waals surface area (Å²) in [6, 6.07) is 5.84. The lowest BCUT2D eigenvalue weighted by atomic mass is 10.0. The second-order valence-corrected chi connectivity index (χ2v) is 8.46. The molecule has 1 unspecified atom stereocenters. The van der Waals surface area contributed by atoms with E-state index in [-0.39, 0.29) is 5.56 Å². The first-order valence-electron chi connectivity index (χ1n) is 7.96. The second kappa shape index (κ2) is 7.13. The van der Waals surface area contributed by atoms with Crippen molar-refractivity contribution in [1.29, 1.82) is 0 Å². The maximum atomic E-state index is 12.7. The van der Waals surface area contributed by atoms with Gasteiger partial charge in [0.15, 0.2) is 5.16 Å². The van der Waals surface area contributed by atoms with Crippen molar-refractivity contribution in [3.63, 3.8) is 0 Å². The average Bonchev–Trinajstić information content (AvgIpc) is 2.91. The largest absolute Gasteiger partial charge is 0.496 e. The van der Waals surface area contributed by atoms with Crippen LogP contribution >= 0.6 is 23.1 Å². The first-order chi connectivity index (χ1) is 12.3. The number of methoxy groups -OCH3 is 1. The zero-order valence-corrected chi connectivity index (χ0v) is 16.5. The summed E-state index contributed by atoms with van der Waals surface area (Å²) in [6.07, 6.45) is 0. The van der Waals surface area contributed by atoms with Crippen LogP contribution in [0.1, 0.15) is 17.4 Å². The van der Waals surface area contributed by atoms with Crippen molar-refractivity contribution in [3.8, 4) is 16.9 Å². The number of nitrogens with two attached hydrogens (primary N) is 1. The molecule has 0 saturated carbocycles. The zero-order chi connectivity index (χ0) is 19.0. The number of hydrogen-bond acceptors (Lipinski definition) is 6. The molecule has 0 aliphatic heterocycles. The predicted molar refractivity (Wildman–Crippen MR) is 106 cm³/mol. The van der Waals surface area contributed by atoms with Crippen LogP contribution < -0.4 is 16.0 Å². The molecule has 1 aromatic carbocycles. The maximum absolute atomic E-state index is 12.7. The molecule has 0 fully saturated rings. The van der Waals surface area contributed by atoms with Gasteiger partial charge in [0.2, 0.25) is 5.91 Å². The highest BCUT2D eigenvalue weighted by atomic mass is 32.2. The number of aromatic nitrogens is 2. The Morgan fingerprint density at radius 3 is 2.73 bits per heavy atom. The Morgan fingerprint density at radius 1 is 1.38 bits per heavy atom. The highest BCUT2D eigenvalue weighted by Crippen LogP contribution is 2.37. The van der Waals surface area contributed by atoms with Gasteiger partial charge in [-0.15, -0.1) is 11.3 Å². The summed E-state index contributed by atoms with van der Waals surface area (Å²) < 4.78 is 5.31. The molecule has 0 aliphatic carbocycles. The van der Waals surface area contributed by atoms with E-state index < -0.39 is 11.2 Å². The summed E-state index contributed by atoms with van der Waals surface area (Å²) in [7, 11) is 1.63. The number of carbonyl (C=O) groups is 1. The van der Waals surface area contributed by atoms with Gasteiger partial charge in [0.05, 0.1) is 17.7 Å². The lowest BCUT2D eigenvalue weighted by molar-refractivity contribution is -0.117. The highest BCUT2D eigenvalue weighted by molar-refractivity contribution is 8.00. The average molecular weight is 390 g/mol. The second-order valence-electron chi connectivity index (χ2n) is 5.93. The van der Waals surface area contributed by atoms with Crippen LogP contribution in [0.3, 0.4) is 0 Å². The van der Waals surface area contributed by atoms with Gasteiger partial charge in [0.25, 0.3) is 5.56 Å². The molecule has 1 amide bonds. The van der Waals surface area contributed by atoms with Gasteiger partial charge < -0.3 is 15.5 Å². The number of primary amides is 1. The van der Waals surface area contributed by atoms with Crippen LogP contribution in [0, 0.1) is 13.8 Å². The molecule has 0 aliphatic rings. The summed E-state index contributed by atoms with van der Waals surface area (Å²) in [5, 5.41) is 0.487. The minimum absolute atomic E-state index is 0.220. The molecule has 3 aromatic rings. The number of fused-ring (bicyclic) bond motifs is 1. The predicted octanol–water partition coefficient (Wildman–Crippen LogP) is 3.24. The van der Waals surface area contributed by atoms with Crippen molar-refractivity contribution in [1.82, 2.24) is 9.97 Å². The van der Waals surface area contributed by atoms with Gasteiger partial charge in [0.1, 0.15) is 10.6 Å². The number of amides is 1. The fourth-order valence-electron chi connectivity index (χ4n) is 2.76. The number of rotatable bonds is 5. The number of thioether (sulfide) groups is 1. The number of ether oxygens (including phenoxy) is 1. The summed E-state index contributed by atoms with van der Waals surface area (Å²) in [6.45, 7) is 5.62. The Kier molecular flexibility index (Phi) is 5.06. The lowest BCUT2D eigenvalue weighted by Gasteiger charge is -2.08. The first kappa shape index (κ1) is 18.5. The number of benzene rings is 1. The monoisotopic (exact) mass is 389 g/mol. The van der Waals surface area contributed by atoms with Crippen LogP contribution in [-0.4, -0.2) is 28.2 Å². The third-order valence-electron chi connectivity index (χ3n) is 4.09. The lowest BCUT2D eigenvalue weighted by Crippen LogP contribution is -2.23. The normalized spacial score (nSPS) is 12.3. The minimum atomic E-state index is -0.472. The van der Waals surface area contributed by atoms with Crippen molar-refractivity contribution in [2.45, 2.75) is 31.2 Å². The van der Waals surface area contributed by atoms with E-state index in [9.17, 15) is 9.59 Å². The summed E-state index contributed by atoms with van der Waals surface area (Å²) in [4.78, 5) is 32.9. The summed E-state index contributed by atoms with van der Waals surface area (Å²) in [5.41, 5.74) is 7.89. The van der Waals surface area contributed by atoms with E-state index in [1.54, 1.807) is 14.0 Å². The van der Waals surface area contributed by atoms with Crippen molar-refractivity contribution in [3.05, 3.63) is 39.0 Å². The molecule has 3 N–H and O–H groups in total. The van der Waals surface area contributed by atoms with E-state index in [2.05, 4.69) is 9.97 Å². The molecular formula is C18H19N3O3S2. The number of nitrogens with one attached hydrogen (secondary N) is 1. The van der Waals surface area contributed by atoms with Crippen LogP contribution in [0.2, 0.25) is 0 Å². The standard InChI is InChI=1S/C18H19N3O3S2/c1-8-7-11(5-6-12(8)24-4)13-9(2)25-17-14(13)16(23)20-18(21-17)26-10(3)15(19)22/h5-7,10H,1-4H3,(H2,19,22)(H,20,21,23). The Labute approximate surface area is 158 Å². The van der Waals surface area contributed by atoms with E-state index in [0.717, 1.165) is 39.1 Å². The van der Waals surface area contributed by atoms with Crippen LogP contribution in [0.5, 0.6) is 5.75 Å². The van der Waals surface area contributed by atoms with E-state index in [1.807, 2.05) is 32.0 Å². The van der Waals surface area contributed by atoms with Crippen molar-refractivity contribution < 1.29 is 9.53 Å². The van der Waals surface area contributed by atoms with Crippen LogP contribution in [0.25, 0.3) is 21.3 Å². The molecule has 0 spiro atoms. The number of hydrogen-bond donors (Lipinski definition) is 2. The Balaban J connectivity index is 2.14. The van der Waals surface area contributed by atoms with Crippen molar-refractivity contribution in [2.24, 2.45) is 5.73 Å². The van der Waals surface area contributed by atoms with Crippen LogP contribution in [0.4, 0.5) is 0 Å². The van der Waals surface area contributed by atoms with Gasteiger partial charge in [-0.05, 0) is 44.0 Å². The molecular weight excluding hydrogens is 370 g/mol. The molecule has 1 atom stereocenters. The first-order valence-corrected chi connectivity index (χ1v) is 9.65. The number of nitrogens with zero attached hydrogens (tertiary/aromatic N) is 1. The summed E-state index contributed by atoms with van der Waals surface area (Å²) in [5.74, 6) is 0.353. The van der Waals surface area contributed by atoms with Gasteiger partial charge in [-0.1, -0.05) is 17.8 Å². The summed E-state index contributed by atoms with van der Waals surface area (Å²) >= 11 is 2.61. The fourth-order valence-corrected chi connectivity index (χ4v) is 4.61. The molecule has 0 radical (unpaired) electrons. The Hall–Kier alpha value is -2.32. The number of aromatic amines is 1. The number of H-pyrrole nitrogens is 1. The van der Waals surface area contributed by atoms with Crippen molar-refractivity contribution in [2.75, 3.05) is 7.11 Å². The van der Waals surface area contributed by atoms with E-state index in [1.165, 1.54) is 11.3 Å². The van der Waals surface area contributed by atoms with Gasteiger partial charge in [-0.3, -0.25) is 9.59 Å². The molecule has 0 saturated heterocycles. The van der Waals surface area contributed by atoms with Gasteiger partial charge in [-0.2, -0.15) is 0 Å². The molecule has 2 aromatic heterocycles. The maximum Gasteiger partial charge on any atom is 0.260 e. The quantitative estimate of drug-likeness (QED) is 0.516. The smallest absolute Gasteiger partial charge is 0.260 e. The van der Waals surface area contributed by atoms with Gasteiger partial charge >= 0.3 is 0 Å². The molecule has 8 heteroatoms. The third-order valence-corrected chi connectivity index (χ3v) is 6.09. The van der Waals surface area contributed by atoms with Crippen LogP contribution in [0.15, 0.2) is 28.2 Å². The Morgan fingerprint density at radius 2 is 2.12 bits per heavy atom. The molecule has 6 nitrogen and oxygen atoms in total. The zero-order valence-electron chi connectivity index (χ0n) is 14.9. The van der Waals surface area contributed by atoms with Crippen molar-refractivity contribution >= 4 is 39.2 Å². The third kappa shape index (κ3) is 3.34. The SMILES string of the molecule is COc1ccc(-c2c(C)sc3nc(SC(C)C(N)=O)[nH]c(=O)c23)cc1C. The molecule has 0 bridgehead atoms. The number of aryl methyl sites for hydroxylation is 2. The van der Waals surface area contributed by atoms with Crippen LogP contribution in [-0.2, 0) is 4.79 Å². The number of thiophene rings is 1. The van der Waals surface area contributed by atoms with Gasteiger partial charge in [0, 0.05) is 10.4 Å². The van der Waals surface area contributed by atoms with E-state index in [4.69, 9.17) is 10.5 Å². The van der Waals surface area contributed by atoms with E-state index >= 15 is 0 Å². The van der Waals surface area contributed by atoms with E-state index in [0.29, 0.717) is 15.4 Å². The fraction of sp³-hybridized carbons (Fsp3) is 0.278. The molecule has 136 valence electrons. The van der Waals surface area contributed by atoms with Gasteiger partial charge in [-0.25, -0.2) is 4.98 Å². The highest BCUT2D eigenvalue weighted by Gasteiger charge is 2.19.